The number of aromatic nitrogens is 2. The van der Waals surface area contributed by atoms with Gasteiger partial charge in [-0.2, -0.15) is 0 Å². The molecule has 29 heavy (non-hydrogen) atoms. The summed E-state index contributed by atoms with van der Waals surface area (Å²) in [5.74, 6) is 1.60. The van der Waals surface area contributed by atoms with Crippen molar-refractivity contribution in [3.8, 4) is 28.5 Å². The summed E-state index contributed by atoms with van der Waals surface area (Å²) in [6, 6.07) is 21.0. The van der Waals surface area contributed by atoms with Crippen LogP contribution in [0.1, 0.15) is 5.82 Å². The minimum atomic E-state index is -0.467. The summed E-state index contributed by atoms with van der Waals surface area (Å²) >= 11 is 0. The van der Waals surface area contributed by atoms with Crippen molar-refractivity contribution in [1.82, 2.24) is 9.97 Å². The van der Waals surface area contributed by atoms with Gasteiger partial charge in [0.1, 0.15) is 23.9 Å². The van der Waals surface area contributed by atoms with Crippen LogP contribution in [0.25, 0.3) is 11.3 Å². The molecule has 0 fully saturated rings. The molecule has 4 aromatic rings. The van der Waals surface area contributed by atoms with E-state index in [9.17, 15) is 4.39 Å². The first-order valence-corrected chi connectivity index (χ1v) is 8.72. The lowest BCUT2D eigenvalue weighted by Gasteiger charge is -2.08. The molecule has 7 heteroatoms. The molecule has 0 amide bonds. The molecule has 5 nitrogen and oxygen atoms in total. The maximum Gasteiger partial charge on any atom is 0.166 e. The van der Waals surface area contributed by atoms with Crippen molar-refractivity contribution in [1.29, 1.82) is 0 Å². The number of aromatic amines is 1. The maximum absolute atomic E-state index is 14.5. The highest BCUT2D eigenvalue weighted by Gasteiger charge is 2.10. The van der Waals surface area contributed by atoms with E-state index in [1.165, 1.54) is 6.07 Å². The highest BCUT2D eigenvalue weighted by Crippen LogP contribution is 2.29. The zero-order valence-corrected chi connectivity index (χ0v) is 16.2. The number of H-pyrrole nitrogens is 1. The topological polar surface area (TPSA) is 73.2 Å². The largest absolute Gasteiger partial charge is 0.486 e. The first-order chi connectivity index (χ1) is 13.7. The molecule has 1 aromatic heterocycles. The molecule has 1 heterocycles. The van der Waals surface area contributed by atoms with E-state index in [1.54, 1.807) is 42.6 Å². The van der Waals surface area contributed by atoms with Crippen LogP contribution in [0.4, 0.5) is 10.1 Å². The standard InChI is InChI=1S/C22H18FN3O2.ClH/c23-19-12-15(6-11-21(19)28-18-9-7-16(24)8-10-18)20-13-25-22(26-20)14-27-17-4-2-1-3-5-17;/h1-13H,14,24H2,(H,25,26);1H. The highest BCUT2D eigenvalue weighted by atomic mass is 35.5. The number of ether oxygens (including phenoxy) is 2. The van der Waals surface area contributed by atoms with Crippen LogP contribution < -0.4 is 15.2 Å². The summed E-state index contributed by atoms with van der Waals surface area (Å²) in [5.41, 5.74) is 7.63. The van der Waals surface area contributed by atoms with Gasteiger partial charge in [-0.3, -0.25) is 0 Å². The van der Waals surface area contributed by atoms with Crippen molar-refractivity contribution in [2.75, 3.05) is 5.73 Å². The maximum atomic E-state index is 14.5. The monoisotopic (exact) mass is 411 g/mol. The minimum Gasteiger partial charge on any atom is -0.486 e. The number of nitrogens with one attached hydrogen (secondary N) is 1. The average Bonchev–Trinajstić information content (AvgIpc) is 3.19. The fraction of sp³-hybridized carbons (Fsp3) is 0.0455. The van der Waals surface area contributed by atoms with Crippen LogP contribution in [0.2, 0.25) is 0 Å². The molecule has 0 spiro atoms. The van der Waals surface area contributed by atoms with Gasteiger partial charge in [0, 0.05) is 11.3 Å². The molecule has 0 saturated heterocycles. The lowest BCUT2D eigenvalue weighted by molar-refractivity contribution is 0.297. The van der Waals surface area contributed by atoms with Crippen LogP contribution in [0.5, 0.6) is 17.2 Å². The molecule has 0 aliphatic heterocycles. The SMILES string of the molecule is Cl.Nc1ccc(Oc2ccc(-c3cnc(COc4ccccc4)[nH]3)cc2F)cc1. The third kappa shape index (κ3) is 5.06. The van der Waals surface area contributed by atoms with Gasteiger partial charge < -0.3 is 20.2 Å². The molecule has 0 saturated carbocycles. The van der Waals surface area contributed by atoms with Gasteiger partial charge in [0.15, 0.2) is 11.6 Å². The molecular formula is C22H19ClFN3O2. The van der Waals surface area contributed by atoms with E-state index >= 15 is 0 Å². The Kier molecular flexibility index (Phi) is 6.36. The second-order valence-electron chi connectivity index (χ2n) is 6.16. The number of nitrogen functional groups attached to an aromatic ring is 1. The van der Waals surface area contributed by atoms with Crippen molar-refractivity contribution in [2.24, 2.45) is 0 Å². The zero-order valence-electron chi connectivity index (χ0n) is 15.3. The van der Waals surface area contributed by atoms with Crippen LogP contribution in [0, 0.1) is 5.82 Å². The number of benzene rings is 3. The van der Waals surface area contributed by atoms with E-state index in [-0.39, 0.29) is 18.2 Å². The summed E-state index contributed by atoms with van der Waals surface area (Å²) in [6.07, 6.45) is 1.65. The Morgan fingerprint density at radius 1 is 0.931 bits per heavy atom. The van der Waals surface area contributed by atoms with Crippen molar-refractivity contribution < 1.29 is 13.9 Å². The van der Waals surface area contributed by atoms with Gasteiger partial charge in [-0.15, -0.1) is 12.4 Å². The number of nitrogens with two attached hydrogens (primary N) is 1. The van der Waals surface area contributed by atoms with Crippen molar-refractivity contribution >= 4 is 18.1 Å². The van der Waals surface area contributed by atoms with E-state index in [1.807, 2.05) is 30.3 Å². The summed E-state index contributed by atoms with van der Waals surface area (Å²) in [5, 5.41) is 0. The second kappa shape index (κ2) is 9.12. The molecule has 0 radical (unpaired) electrons. The minimum absolute atomic E-state index is 0. The molecular weight excluding hydrogens is 393 g/mol. The third-order valence-corrected chi connectivity index (χ3v) is 4.10. The molecule has 0 unspecified atom stereocenters. The Balaban J connectivity index is 0.00000240. The van der Waals surface area contributed by atoms with E-state index in [4.69, 9.17) is 15.2 Å². The molecule has 4 rings (SSSR count). The van der Waals surface area contributed by atoms with Crippen LogP contribution in [-0.4, -0.2) is 9.97 Å². The Morgan fingerprint density at radius 2 is 1.69 bits per heavy atom. The van der Waals surface area contributed by atoms with Crippen LogP contribution in [-0.2, 0) is 6.61 Å². The predicted octanol–water partition coefficient (Wildman–Crippen LogP) is 5.59. The number of hydrogen-bond donors (Lipinski definition) is 2. The molecule has 0 aliphatic rings. The van der Waals surface area contributed by atoms with Crippen LogP contribution >= 0.6 is 12.4 Å². The lowest BCUT2D eigenvalue weighted by atomic mass is 10.1. The van der Waals surface area contributed by atoms with Gasteiger partial charge >= 0.3 is 0 Å². The van der Waals surface area contributed by atoms with Gasteiger partial charge in [-0.25, -0.2) is 9.37 Å². The predicted molar refractivity (Wildman–Crippen MR) is 113 cm³/mol. The van der Waals surface area contributed by atoms with Gasteiger partial charge in [0.2, 0.25) is 0 Å². The summed E-state index contributed by atoms with van der Waals surface area (Å²) in [7, 11) is 0. The number of para-hydroxylation sites is 1. The van der Waals surface area contributed by atoms with Gasteiger partial charge in [-0.05, 0) is 54.6 Å². The fourth-order valence-electron chi connectivity index (χ4n) is 2.66. The molecule has 3 aromatic carbocycles. The van der Waals surface area contributed by atoms with Crippen LogP contribution in [0.15, 0.2) is 79.0 Å². The third-order valence-electron chi connectivity index (χ3n) is 4.10. The van der Waals surface area contributed by atoms with Gasteiger partial charge in [0.05, 0.1) is 11.9 Å². The summed E-state index contributed by atoms with van der Waals surface area (Å²) in [6.45, 7) is 0.296. The number of anilines is 1. The van der Waals surface area contributed by atoms with Crippen molar-refractivity contribution in [3.63, 3.8) is 0 Å². The smallest absolute Gasteiger partial charge is 0.166 e. The van der Waals surface area contributed by atoms with E-state index in [0.717, 1.165) is 5.75 Å². The summed E-state index contributed by atoms with van der Waals surface area (Å²) < 4.78 is 25.7. The normalized spacial score (nSPS) is 10.2. The Hall–Kier alpha value is -3.51. The van der Waals surface area contributed by atoms with Gasteiger partial charge in [-0.1, -0.05) is 18.2 Å². The first kappa shape index (κ1) is 20.2. The second-order valence-corrected chi connectivity index (χ2v) is 6.16. The Morgan fingerprint density at radius 3 is 2.41 bits per heavy atom. The zero-order chi connectivity index (χ0) is 19.3. The van der Waals surface area contributed by atoms with Gasteiger partial charge in [0.25, 0.3) is 0 Å². The van der Waals surface area contributed by atoms with E-state index in [2.05, 4.69) is 9.97 Å². The number of nitrogens with zero attached hydrogens (tertiary/aromatic N) is 1. The molecule has 3 N–H and O–H groups in total. The number of imidazole rings is 1. The average molecular weight is 412 g/mol. The Bertz CT molecular complexity index is 1070. The molecule has 0 atom stereocenters. The van der Waals surface area contributed by atoms with Crippen LogP contribution in [0.3, 0.4) is 0 Å². The number of halogens is 2. The van der Waals surface area contributed by atoms with E-state index < -0.39 is 5.82 Å². The van der Waals surface area contributed by atoms with Crippen molar-refractivity contribution in [3.05, 3.63) is 90.6 Å². The lowest BCUT2D eigenvalue weighted by Crippen LogP contribution is -1.97. The fourth-order valence-corrected chi connectivity index (χ4v) is 2.66. The number of rotatable bonds is 6. The number of hydrogen-bond acceptors (Lipinski definition) is 4. The summed E-state index contributed by atoms with van der Waals surface area (Å²) in [4.78, 5) is 7.43. The van der Waals surface area contributed by atoms with Crippen molar-refractivity contribution in [2.45, 2.75) is 6.61 Å². The quantitative estimate of drug-likeness (QED) is 0.405. The first-order valence-electron chi connectivity index (χ1n) is 8.72. The molecule has 148 valence electrons. The molecule has 0 aliphatic carbocycles. The highest BCUT2D eigenvalue weighted by molar-refractivity contribution is 5.85. The molecule has 0 bridgehead atoms. The Labute approximate surface area is 173 Å². The van der Waals surface area contributed by atoms with E-state index in [0.29, 0.717) is 35.1 Å².